The fraction of sp³-hybridized carbons (Fsp3) is 0.962. The lowest BCUT2D eigenvalue weighted by atomic mass is 9.44. The number of epoxide rings is 1. The van der Waals surface area contributed by atoms with Gasteiger partial charge in [-0.3, -0.25) is 4.79 Å². The van der Waals surface area contributed by atoms with Crippen LogP contribution in [-0.4, -0.2) is 37.3 Å². The summed E-state index contributed by atoms with van der Waals surface area (Å²) < 4.78 is 13.6. The Morgan fingerprint density at radius 3 is 2.55 bits per heavy atom. The molecule has 3 nitrogen and oxygen atoms in total. The van der Waals surface area contributed by atoms with Gasteiger partial charge in [-0.05, 0) is 73.9 Å². The zero-order valence-corrected chi connectivity index (χ0v) is 22.2. The van der Waals surface area contributed by atoms with Crippen molar-refractivity contribution in [3.8, 4) is 0 Å². The van der Waals surface area contributed by atoms with E-state index in [1.165, 1.54) is 6.42 Å². The molecule has 0 amide bonds. The number of hydrogen-bond donors (Lipinski definition) is 0. The number of alkyl halides is 1. The number of carbonyl (C=O) groups excluding carboxylic acids is 1. The Kier molecular flexibility index (Phi) is 4.19. The Morgan fingerprint density at radius 2 is 1.87 bits per heavy atom. The predicted molar refractivity (Wildman–Crippen MR) is 126 cm³/mol. The molecule has 1 heterocycles. The monoisotopic (exact) mass is 464 g/mol. The van der Waals surface area contributed by atoms with Gasteiger partial charge in [0, 0.05) is 29.3 Å². The van der Waals surface area contributed by atoms with Crippen molar-refractivity contribution in [2.45, 2.75) is 114 Å². The Balaban J connectivity index is 1.29. The van der Waals surface area contributed by atoms with E-state index in [0.717, 1.165) is 32.1 Å². The van der Waals surface area contributed by atoms with E-state index in [9.17, 15) is 4.79 Å². The topological polar surface area (TPSA) is 38.8 Å². The van der Waals surface area contributed by atoms with Gasteiger partial charge in [0.05, 0.1) is 5.38 Å². The first-order valence-corrected chi connectivity index (χ1v) is 16.2. The van der Waals surface area contributed by atoms with Crippen LogP contribution < -0.4 is 0 Å². The van der Waals surface area contributed by atoms with E-state index in [0.29, 0.717) is 41.5 Å². The summed E-state index contributed by atoms with van der Waals surface area (Å²) >= 11 is 7.30. The first kappa shape index (κ1) is 21.6. The average molecular weight is 465 g/mol. The third kappa shape index (κ3) is 2.52. The van der Waals surface area contributed by atoms with Gasteiger partial charge < -0.3 is 9.16 Å². The van der Waals surface area contributed by atoms with Crippen molar-refractivity contribution in [1.29, 1.82) is 0 Å². The molecule has 6 rings (SSSR count). The molecule has 0 aromatic heterocycles. The minimum absolute atomic E-state index is 0.0569. The van der Waals surface area contributed by atoms with Crippen molar-refractivity contribution in [1.82, 2.24) is 0 Å². The molecule has 1 aliphatic heterocycles. The van der Waals surface area contributed by atoms with E-state index in [1.807, 2.05) is 0 Å². The second-order valence-corrected chi connectivity index (χ2v) is 19.3. The summed E-state index contributed by atoms with van der Waals surface area (Å²) in [5, 5.41) is 0.285. The SMILES string of the molecule is CC(C)(C)[Si](C)(C)O[C@H]1CC[C@]2(C)[C@H]3CC[C@]4(C)C(=O)[C@H]5C[C@H]5[C@H]4[C@@H]3[C@H](Cl)[C@H]3O[C@]32C1. The number of fused-ring (bicyclic) bond motifs is 6. The number of carbonyl (C=O) groups is 1. The molecular weight excluding hydrogens is 424 g/mol. The van der Waals surface area contributed by atoms with E-state index < -0.39 is 8.32 Å². The van der Waals surface area contributed by atoms with Gasteiger partial charge in [0.1, 0.15) is 17.5 Å². The molecule has 11 atom stereocenters. The van der Waals surface area contributed by atoms with Crippen LogP contribution in [0, 0.1) is 40.4 Å². The van der Waals surface area contributed by atoms with E-state index in [-0.39, 0.29) is 33.0 Å². The van der Waals surface area contributed by atoms with Crippen molar-refractivity contribution in [2.24, 2.45) is 40.4 Å². The quantitative estimate of drug-likeness (QED) is 0.277. The van der Waals surface area contributed by atoms with Crippen LogP contribution in [-0.2, 0) is 14.0 Å². The van der Waals surface area contributed by atoms with Gasteiger partial charge in [-0.25, -0.2) is 0 Å². The summed E-state index contributed by atoms with van der Waals surface area (Å²) in [7, 11) is -1.80. The highest BCUT2D eigenvalue weighted by Crippen LogP contribution is 2.77. The van der Waals surface area contributed by atoms with Crippen molar-refractivity contribution >= 4 is 25.7 Å². The average Bonchev–Trinajstić information content (AvgIpc) is 3.56. The van der Waals surface area contributed by atoms with Gasteiger partial charge in [-0.2, -0.15) is 0 Å². The molecule has 0 aromatic carbocycles. The molecular formula is C26H41ClO3Si. The molecule has 0 N–H and O–H groups in total. The number of hydrogen-bond acceptors (Lipinski definition) is 3. The summed E-state index contributed by atoms with van der Waals surface area (Å²) in [5.41, 5.74) is -0.0284. The van der Waals surface area contributed by atoms with Crippen LogP contribution >= 0.6 is 11.6 Å². The summed E-state index contributed by atoms with van der Waals surface area (Å²) in [4.78, 5) is 13.1. The Hall–Kier alpha value is 0.0969. The van der Waals surface area contributed by atoms with Crippen molar-refractivity contribution < 1.29 is 14.0 Å². The maximum atomic E-state index is 13.1. The van der Waals surface area contributed by atoms with E-state index in [1.54, 1.807) is 0 Å². The summed E-state index contributed by atoms with van der Waals surface area (Å²) in [6, 6.07) is 0. The fourth-order valence-corrected chi connectivity index (χ4v) is 10.9. The number of rotatable bonds is 2. The van der Waals surface area contributed by atoms with Gasteiger partial charge in [0.15, 0.2) is 8.32 Å². The molecule has 174 valence electrons. The number of ketones is 1. The molecule has 5 saturated carbocycles. The van der Waals surface area contributed by atoms with Crippen molar-refractivity contribution in [3.63, 3.8) is 0 Å². The lowest BCUT2D eigenvalue weighted by Gasteiger charge is -2.60. The largest absolute Gasteiger partial charge is 0.414 e. The number of halogens is 1. The Morgan fingerprint density at radius 1 is 1.16 bits per heavy atom. The van der Waals surface area contributed by atoms with Crippen LogP contribution in [0.25, 0.3) is 0 Å². The molecule has 0 radical (unpaired) electrons. The van der Waals surface area contributed by atoms with Gasteiger partial charge in [0.2, 0.25) is 0 Å². The highest BCUT2D eigenvalue weighted by Gasteiger charge is 2.81. The normalized spacial score (nSPS) is 57.4. The van der Waals surface area contributed by atoms with Crippen LogP contribution in [0.1, 0.15) is 73.1 Å². The summed E-state index contributed by atoms with van der Waals surface area (Å²) in [6.45, 7) is 16.5. The second-order valence-electron chi connectivity index (χ2n) is 14.1. The van der Waals surface area contributed by atoms with E-state index in [4.69, 9.17) is 20.8 Å². The predicted octanol–water partition coefficient (Wildman–Crippen LogP) is 6.19. The third-order valence-electron chi connectivity index (χ3n) is 11.8. The van der Waals surface area contributed by atoms with Gasteiger partial charge in [-0.15, -0.1) is 11.6 Å². The van der Waals surface area contributed by atoms with Crippen LogP contribution in [0.2, 0.25) is 18.1 Å². The Bertz CT molecular complexity index is 837. The molecule has 5 aliphatic carbocycles. The molecule has 1 spiro atoms. The van der Waals surface area contributed by atoms with Crippen molar-refractivity contribution in [3.05, 3.63) is 0 Å². The first-order chi connectivity index (χ1) is 14.3. The highest BCUT2D eigenvalue weighted by atomic mass is 35.5. The molecule has 1 saturated heterocycles. The summed E-state index contributed by atoms with van der Waals surface area (Å²) in [6.07, 6.45) is 7.13. The van der Waals surface area contributed by atoms with Gasteiger partial charge in [-0.1, -0.05) is 34.6 Å². The molecule has 0 aromatic rings. The molecule has 0 unspecified atom stereocenters. The third-order valence-corrected chi connectivity index (χ3v) is 16.8. The molecule has 6 fully saturated rings. The molecule has 31 heavy (non-hydrogen) atoms. The lowest BCUT2D eigenvalue weighted by Crippen LogP contribution is -2.63. The number of ether oxygens (including phenoxy) is 1. The smallest absolute Gasteiger partial charge is 0.192 e. The van der Waals surface area contributed by atoms with E-state index in [2.05, 4.69) is 47.7 Å². The van der Waals surface area contributed by atoms with Gasteiger partial charge >= 0.3 is 0 Å². The van der Waals surface area contributed by atoms with E-state index >= 15 is 0 Å². The van der Waals surface area contributed by atoms with Crippen LogP contribution in [0.15, 0.2) is 0 Å². The second kappa shape index (κ2) is 6.01. The maximum absolute atomic E-state index is 13.1. The van der Waals surface area contributed by atoms with Gasteiger partial charge in [0.25, 0.3) is 0 Å². The summed E-state index contributed by atoms with van der Waals surface area (Å²) in [5.74, 6) is 3.06. The zero-order chi connectivity index (χ0) is 22.4. The first-order valence-electron chi connectivity index (χ1n) is 12.8. The molecule has 0 bridgehead atoms. The highest BCUT2D eigenvalue weighted by molar-refractivity contribution is 6.74. The van der Waals surface area contributed by atoms with Crippen LogP contribution in [0.5, 0.6) is 0 Å². The zero-order valence-electron chi connectivity index (χ0n) is 20.5. The molecule has 5 heteroatoms. The number of Topliss-reactive ketones (excluding diaryl/α,β-unsaturated/α-hetero) is 1. The fourth-order valence-electron chi connectivity index (χ4n) is 8.91. The van der Waals surface area contributed by atoms with Crippen LogP contribution in [0.3, 0.4) is 0 Å². The minimum Gasteiger partial charge on any atom is -0.414 e. The van der Waals surface area contributed by atoms with Crippen LogP contribution in [0.4, 0.5) is 0 Å². The lowest BCUT2D eigenvalue weighted by molar-refractivity contribution is -0.141. The Labute approximate surface area is 194 Å². The standard InChI is InChI=1S/C26H41ClO3Si/c1-23(2,3)31(6,7)30-14-8-11-25(5)17-9-10-24(4)19(15-12-16(15)21(24)28)18(17)20(27)22-26(25,13-14)29-22/h14-20,22H,8-13H2,1-7H3/t14-,15+,16-,17-,18+,19-,20-,22+,24-,25+,26+/m0/s1. The maximum Gasteiger partial charge on any atom is 0.192 e. The molecule has 6 aliphatic rings. The van der Waals surface area contributed by atoms with Crippen molar-refractivity contribution in [2.75, 3.05) is 0 Å². The minimum atomic E-state index is -1.80.